The second-order valence-corrected chi connectivity index (χ2v) is 8.96. The highest BCUT2D eigenvalue weighted by Crippen LogP contribution is 2.34. The molecule has 2 aliphatic rings. The molecule has 0 N–H and O–H groups in total. The summed E-state index contributed by atoms with van der Waals surface area (Å²) in [6.07, 6.45) is 3.64. The van der Waals surface area contributed by atoms with E-state index in [1.165, 1.54) is 10.6 Å². The van der Waals surface area contributed by atoms with E-state index in [1.807, 2.05) is 6.08 Å². The van der Waals surface area contributed by atoms with Crippen molar-refractivity contribution in [1.82, 2.24) is 9.47 Å². The molecule has 3 heterocycles. The Bertz CT molecular complexity index is 1000. The van der Waals surface area contributed by atoms with Gasteiger partial charge in [-0.3, -0.25) is 14.5 Å². The van der Waals surface area contributed by atoms with Crippen LogP contribution < -0.4 is 4.90 Å². The van der Waals surface area contributed by atoms with E-state index < -0.39 is 0 Å². The van der Waals surface area contributed by atoms with Gasteiger partial charge in [0.2, 0.25) is 0 Å². The number of hydrogen-bond acceptors (Lipinski definition) is 5. The van der Waals surface area contributed by atoms with Gasteiger partial charge in [0, 0.05) is 42.4 Å². The van der Waals surface area contributed by atoms with Gasteiger partial charge in [0.15, 0.2) is 0 Å². The van der Waals surface area contributed by atoms with Gasteiger partial charge in [-0.1, -0.05) is 13.3 Å². The highest BCUT2D eigenvalue weighted by atomic mass is 32.2. The van der Waals surface area contributed by atoms with Crippen molar-refractivity contribution >= 4 is 34.7 Å². The van der Waals surface area contributed by atoms with Crippen molar-refractivity contribution in [2.75, 3.05) is 37.7 Å². The van der Waals surface area contributed by atoms with Gasteiger partial charge in [0.25, 0.3) is 11.1 Å². The molecule has 0 bridgehead atoms. The van der Waals surface area contributed by atoms with E-state index in [2.05, 4.69) is 60.6 Å². The molecule has 2 amide bonds. The molecule has 2 fully saturated rings. The molecule has 31 heavy (non-hydrogen) atoms. The molecule has 0 atom stereocenters. The molecule has 164 valence electrons. The van der Waals surface area contributed by atoms with Crippen molar-refractivity contribution in [3.63, 3.8) is 0 Å². The summed E-state index contributed by atoms with van der Waals surface area (Å²) in [6.45, 7) is 10.0. The first-order valence-electron chi connectivity index (χ1n) is 10.9. The third kappa shape index (κ3) is 4.43. The SMILES string of the molecule is CCCCN1C(=O)S/C(=C\c2cc(C)n(-c3ccc(N4CCOCC4)cc3)c2C)C1=O. The zero-order valence-corrected chi connectivity index (χ0v) is 19.2. The maximum atomic E-state index is 12.7. The highest BCUT2D eigenvalue weighted by molar-refractivity contribution is 8.18. The lowest BCUT2D eigenvalue weighted by Gasteiger charge is -2.29. The molecule has 0 radical (unpaired) electrons. The minimum atomic E-state index is -0.178. The summed E-state index contributed by atoms with van der Waals surface area (Å²) < 4.78 is 7.63. The summed E-state index contributed by atoms with van der Waals surface area (Å²) in [5, 5.41) is -0.169. The van der Waals surface area contributed by atoms with Crippen molar-refractivity contribution in [1.29, 1.82) is 0 Å². The molecular formula is C24H29N3O3S. The van der Waals surface area contributed by atoms with Crippen LogP contribution in [0.3, 0.4) is 0 Å². The molecule has 6 nitrogen and oxygen atoms in total. The fourth-order valence-electron chi connectivity index (χ4n) is 4.12. The van der Waals surface area contributed by atoms with E-state index in [9.17, 15) is 9.59 Å². The Kier molecular flexibility index (Phi) is 6.53. The number of rotatable bonds is 6. The van der Waals surface area contributed by atoms with Gasteiger partial charge in [-0.2, -0.15) is 0 Å². The van der Waals surface area contributed by atoms with E-state index in [0.717, 1.165) is 73.5 Å². The minimum absolute atomic E-state index is 0.169. The smallest absolute Gasteiger partial charge is 0.293 e. The number of ether oxygens (including phenoxy) is 1. The molecule has 4 rings (SSSR count). The maximum Gasteiger partial charge on any atom is 0.293 e. The summed E-state index contributed by atoms with van der Waals surface area (Å²) in [5.74, 6) is -0.178. The van der Waals surface area contributed by atoms with Crippen LogP contribution >= 0.6 is 11.8 Å². The van der Waals surface area contributed by atoms with Crippen LogP contribution in [0.5, 0.6) is 0 Å². The second-order valence-electron chi connectivity index (χ2n) is 7.96. The van der Waals surface area contributed by atoms with E-state index in [-0.39, 0.29) is 11.1 Å². The average Bonchev–Trinajstić information content (AvgIpc) is 3.21. The number of morpholine rings is 1. The molecule has 1 aromatic carbocycles. The number of amides is 2. The van der Waals surface area contributed by atoms with E-state index >= 15 is 0 Å². The summed E-state index contributed by atoms with van der Waals surface area (Å²) in [7, 11) is 0. The predicted molar refractivity (Wildman–Crippen MR) is 126 cm³/mol. The number of nitrogens with zero attached hydrogens (tertiary/aromatic N) is 3. The van der Waals surface area contributed by atoms with Gasteiger partial charge < -0.3 is 14.2 Å². The van der Waals surface area contributed by atoms with E-state index in [4.69, 9.17) is 4.74 Å². The largest absolute Gasteiger partial charge is 0.378 e. The Labute approximate surface area is 187 Å². The first-order valence-corrected chi connectivity index (χ1v) is 11.7. The number of aryl methyl sites for hydroxylation is 1. The van der Waals surface area contributed by atoms with Crippen molar-refractivity contribution in [2.45, 2.75) is 33.6 Å². The van der Waals surface area contributed by atoms with Gasteiger partial charge in [-0.05, 0) is 74.0 Å². The number of carbonyl (C=O) groups is 2. The Balaban J connectivity index is 1.57. The number of anilines is 1. The third-order valence-electron chi connectivity index (χ3n) is 5.85. The molecule has 2 aromatic rings. The summed E-state index contributed by atoms with van der Waals surface area (Å²) in [5.41, 5.74) is 5.40. The van der Waals surface area contributed by atoms with Gasteiger partial charge in [0.05, 0.1) is 18.1 Å². The van der Waals surface area contributed by atoms with Crippen LogP contribution in [0.4, 0.5) is 10.5 Å². The lowest BCUT2D eigenvalue weighted by atomic mass is 10.2. The Morgan fingerprint density at radius 1 is 1.06 bits per heavy atom. The molecule has 2 aliphatic heterocycles. The number of aromatic nitrogens is 1. The van der Waals surface area contributed by atoms with Gasteiger partial charge in [-0.15, -0.1) is 0 Å². The number of unbranched alkanes of at least 4 members (excludes halogenated alkanes) is 1. The van der Waals surface area contributed by atoms with Crippen molar-refractivity contribution in [2.24, 2.45) is 0 Å². The fourth-order valence-corrected chi connectivity index (χ4v) is 4.97. The van der Waals surface area contributed by atoms with Crippen LogP contribution in [0.2, 0.25) is 0 Å². The molecule has 1 aromatic heterocycles. The third-order valence-corrected chi connectivity index (χ3v) is 6.76. The lowest BCUT2D eigenvalue weighted by Crippen LogP contribution is -2.36. The van der Waals surface area contributed by atoms with Crippen molar-refractivity contribution in [3.05, 3.63) is 52.2 Å². The van der Waals surface area contributed by atoms with Crippen LogP contribution in [0.15, 0.2) is 35.2 Å². The molecule has 2 saturated heterocycles. The summed E-state index contributed by atoms with van der Waals surface area (Å²) >= 11 is 1.04. The normalized spacial score (nSPS) is 18.5. The molecule has 0 unspecified atom stereocenters. The quantitative estimate of drug-likeness (QED) is 0.607. The molecule has 0 spiro atoms. The predicted octanol–water partition coefficient (Wildman–Crippen LogP) is 4.77. The summed E-state index contributed by atoms with van der Waals surface area (Å²) in [6, 6.07) is 10.6. The Morgan fingerprint density at radius 3 is 2.42 bits per heavy atom. The maximum absolute atomic E-state index is 12.7. The van der Waals surface area contributed by atoms with Gasteiger partial charge in [-0.25, -0.2) is 0 Å². The van der Waals surface area contributed by atoms with Crippen LogP contribution in [-0.4, -0.2) is 53.5 Å². The van der Waals surface area contributed by atoms with Crippen LogP contribution in [0, 0.1) is 13.8 Å². The zero-order valence-electron chi connectivity index (χ0n) is 18.4. The first-order chi connectivity index (χ1) is 15.0. The Morgan fingerprint density at radius 2 is 1.74 bits per heavy atom. The lowest BCUT2D eigenvalue weighted by molar-refractivity contribution is -0.122. The van der Waals surface area contributed by atoms with Crippen molar-refractivity contribution in [3.8, 4) is 5.69 Å². The number of thioether (sulfide) groups is 1. The zero-order chi connectivity index (χ0) is 22.0. The number of benzene rings is 1. The molecule has 7 heteroatoms. The van der Waals surface area contributed by atoms with E-state index in [0.29, 0.717) is 11.4 Å². The van der Waals surface area contributed by atoms with Crippen molar-refractivity contribution < 1.29 is 14.3 Å². The number of imide groups is 1. The van der Waals surface area contributed by atoms with Gasteiger partial charge in [0.1, 0.15) is 0 Å². The average molecular weight is 440 g/mol. The van der Waals surface area contributed by atoms with E-state index in [1.54, 1.807) is 0 Å². The molecule has 0 aliphatic carbocycles. The number of carbonyl (C=O) groups excluding carboxylic acids is 2. The summed E-state index contributed by atoms with van der Waals surface area (Å²) in [4.78, 5) is 29.1. The standard InChI is InChI=1S/C24H29N3O3S/c1-4-5-10-26-23(28)22(31-24(26)29)16-19-15-17(2)27(18(19)3)21-8-6-20(7-9-21)25-11-13-30-14-12-25/h6-9,15-16H,4-5,10-14H2,1-3H3/b22-16-. The van der Waals surface area contributed by atoms with Crippen LogP contribution in [-0.2, 0) is 9.53 Å². The Hall–Kier alpha value is -2.51. The highest BCUT2D eigenvalue weighted by Gasteiger charge is 2.34. The van der Waals surface area contributed by atoms with Crippen LogP contribution in [0.25, 0.3) is 11.8 Å². The van der Waals surface area contributed by atoms with Crippen LogP contribution in [0.1, 0.15) is 36.7 Å². The molecule has 0 saturated carbocycles. The monoisotopic (exact) mass is 439 g/mol. The number of hydrogen-bond donors (Lipinski definition) is 0. The first kappa shape index (κ1) is 21.7. The topological polar surface area (TPSA) is 54.8 Å². The second kappa shape index (κ2) is 9.32. The molecular weight excluding hydrogens is 410 g/mol. The fraction of sp³-hybridized carbons (Fsp3) is 0.417. The van der Waals surface area contributed by atoms with Gasteiger partial charge >= 0.3 is 0 Å². The minimum Gasteiger partial charge on any atom is -0.378 e.